The van der Waals surface area contributed by atoms with Crippen molar-refractivity contribution in [1.29, 1.82) is 0 Å². The van der Waals surface area contributed by atoms with Crippen molar-refractivity contribution in [2.75, 3.05) is 34.0 Å². The molecular weight excluding hydrogens is 785 g/mol. The van der Waals surface area contributed by atoms with Gasteiger partial charge in [-0.3, -0.25) is 9.69 Å². The molecule has 5 aromatic rings. The standard InChI is InChI=1S/C49H56N4O5SSi/c1-48(2,3)59(55)53-33-38-31-41(47(54)50-32-36-24-25-43-44(30-36)57-34-56-43)51-46(37-19-15-17-35(29-37)18-16-27-52(7)8)45(38)42(53)26-28-58-60(49(4,5)6,39-20-11-9-12-21-39)40-22-13-10-14-23-40/h9-15,17,19-25,29-31,42H,26-28,32-34H2,1-8H3,(H,50,54)/t42?,59-/m0/s1. The van der Waals surface area contributed by atoms with Crippen LogP contribution in [0.5, 0.6) is 11.5 Å². The number of nitrogens with one attached hydrogen (secondary N) is 1. The van der Waals surface area contributed by atoms with Crippen LogP contribution >= 0.6 is 0 Å². The summed E-state index contributed by atoms with van der Waals surface area (Å²) < 4.78 is 34.6. The Kier molecular flexibility index (Phi) is 12.9. The lowest BCUT2D eigenvalue weighted by molar-refractivity contribution is 0.0945. The van der Waals surface area contributed by atoms with Crippen molar-refractivity contribution in [2.24, 2.45) is 0 Å². The average Bonchev–Trinajstić information content (AvgIpc) is 3.85. The molecule has 1 unspecified atom stereocenters. The predicted molar refractivity (Wildman–Crippen MR) is 243 cm³/mol. The number of amides is 1. The normalized spacial score (nSPS) is 15.7. The number of nitrogens with zero attached hydrogens (tertiary/aromatic N) is 3. The maximum atomic E-state index is 14.6. The molecule has 0 bridgehead atoms. The number of ether oxygens (including phenoxy) is 2. The van der Waals surface area contributed by atoms with Crippen molar-refractivity contribution >= 4 is 36.0 Å². The van der Waals surface area contributed by atoms with Crippen LogP contribution in [-0.2, 0) is 28.9 Å². The van der Waals surface area contributed by atoms with Gasteiger partial charge in [0.25, 0.3) is 14.2 Å². The van der Waals surface area contributed by atoms with Gasteiger partial charge >= 0.3 is 0 Å². The molecule has 312 valence electrons. The minimum absolute atomic E-state index is 0.180. The SMILES string of the molecule is CN(C)CC#Cc1cccc(-c2nc(C(=O)NCc3ccc4c(c3)OCO4)cc3c2C(CCO[Si](c2ccccc2)(c2ccccc2)C(C)(C)C)N([S@@+]([O-])C(C)(C)C)C3)c1. The summed E-state index contributed by atoms with van der Waals surface area (Å²) >= 11 is -1.39. The van der Waals surface area contributed by atoms with Gasteiger partial charge in [-0.1, -0.05) is 111 Å². The number of carbonyl (C=O) groups is 1. The second kappa shape index (κ2) is 18.0. The van der Waals surface area contributed by atoms with Crippen molar-refractivity contribution in [2.45, 2.75) is 76.9 Å². The maximum Gasteiger partial charge on any atom is 0.270 e. The van der Waals surface area contributed by atoms with E-state index in [1.165, 1.54) is 10.4 Å². The van der Waals surface area contributed by atoms with Crippen LogP contribution < -0.4 is 25.2 Å². The molecule has 0 saturated carbocycles. The Hall–Kier alpha value is -4.93. The summed E-state index contributed by atoms with van der Waals surface area (Å²) in [4.78, 5) is 21.3. The van der Waals surface area contributed by atoms with Crippen molar-refractivity contribution in [3.05, 3.63) is 137 Å². The van der Waals surface area contributed by atoms with Crippen molar-refractivity contribution in [3.8, 4) is 34.6 Å². The molecule has 1 aromatic heterocycles. The minimum Gasteiger partial charge on any atom is -0.597 e. The van der Waals surface area contributed by atoms with Crippen LogP contribution in [0.15, 0.2) is 109 Å². The van der Waals surface area contributed by atoms with Crippen LogP contribution in [0.2, 0.25) is 5.04 Å². The molecule has 2 aliphatic rings. The van der Waals surface area contributed by atoms with Crippen LogP contribution in [0.25, 0.3) is 11.3 Å². The van der Waals surface area contributed by atoms with Crippen molar-refractivity contribution < 1.29 is 23.2 Å². The summed E-state index contributed by atoms with van der Waals surface area (Å²) in [6, 6.07) is 36.5. The van der Waals surface area contributed by atoms with E-state index in [2.05, 4.69) is 103 Å². The Morgan fingerprint density at radius 2 is 1.60 bits per heavy atom. The highest BCUT2D eigenvalue weighted by Crippen LogP contribution is 2.46. The van der Waals surface area contributed by atoms with Crippen LogP contribution in [0.4, 0.5) is 0 Å². The summed E-state index contributed by atoms with van der Waals surface area (Å²) in [6.45, 7) is 14.7. The third-order valence-electron chi connectivity index (χ3n) is 10.9. The minimum atomic E-state index is -2.87. The van der Waals surface area contributed by atoms with E-state index in [1.807, 2.05) is 88.3 Å². The molecule has 0 saturated heterocycles. The van der Waals surface area contributed by atoms with Gasteiger partial charge < -0.3 is 23.8 Å². The lowest BCUT2D eigenvalue weighted by atomic mass is 9.95. The first kappa shape index (κ1) is 43.2. The first-order valence-electron chi connectivity index (χ1n) is 20.5. The molecule has 1 amide bonds. The Bertz CT molecular complexity index is 2330. The summed E-state index contributed by atoms with van der Waals surface area (Å²) in [7, 11) is 1.12. The number of benzene rings is 4. The molecular formula is C49H56N4O5SSi. The average molecular weight is 841 g/mol. The second-order valence-electron chi connectivity index (χ2n) is 17.7. The molecule has 1 N–H and O–H groups in total. The fourth-order valence-electron chi connectivity index (χ4n) is 8.14. The van der Waals surface area contributed by atoms with E-state index in [0.717, 1.165) is 27.8 Å². The number of aromatic nitrogens is 1. The molecule has 9 nitrogen and oxygen atoms in total. The summed E-state index contributed by atoms with van der Waals surface area (Å²) in [5.41, 5.74) is 5.43. The predicted octanol–water partition coefficient (Wildman–Crippen LogP) is 7.61. The number of rotatable bonds is 12. The molecule has 7 rings (SSSR count). The Balaban J connectivity index is 1.30. The van der Waals surface area contributed by atoms with Gasteiger partial charge in [-0.05, 0) is 98.2 Å². The number of hydrogen-bond acceptors (Lipinski definition) is 8. The zero-order valence-electron chi connectivity index (χ0n) is 36.0. The molecule has 3 heterocycles. The molecule has 11 heteroatoms. The van der Waals surface area contributed by atoms with E-state index in [0.29, 0.717) is 49.0 Å². The largest absolute Gasteiger partial charge is 0.597 e. The van der Waals surface area contributed by atoms with Crippen molar-refractivity contribution in [1.82, 2.24) is 19.5 Å². The van der Waals surface area contributed by atoms with Gasteiger partial charge in [-0.15, -0.1) is 4.31 Å². The van der Waals surface area contributed by atoms with Gasteiger partial charge in [0.15, 0.2) is 11.5 Å². The van der Waals surface area contributed by atoms with E-state index < -0.39 is 24.4 Å². The molecule has 0 spiro atoms. The van der Waals surface area contributed by atoms with E-state index in [9.17, 15) is 9.35 Å². The zero-order chi connectivity index (χ0) is 42.7. The molecule has 0 radical (unpaired) electrons. The summed E-state index contributed by atoms with van der Waals surface area (Å²) in [5, 5.41) is 5.28. The van der Waals surface area contributed by atoms with E-state index in [-0.39, 0.29) is 30.3 Å². The van der Waals surface area contributed by atoms with Crippen LogP contribution in [-0.4, -0.2) is 71.8 Å². The molecule has 2 atom stereocenters. The number of carbonyl (C=O) groups excluding carboxylic acids is 1. The summed E-state index contributed by atoms with van der Waals surface area (Å²) in [5.74, 6) is 7.60. The zero-order valence-corrected chi connectivity index (χ0v) is 37.8. The van der Waals surface area contributed by atoms with Gasteiger partial charge in [-0.2, -0.15) is 0 Å². The first-order valence-corrected chi connectivity index (χ1v) is 23.6. The van der Waals surface area contributed by atoms with Crippen LogP contribution in [0.3, 0.4) is 0 Å². The van der Waals surface area contributed by atoms with Crippen molar-refractivity contribution in [3.63, 3.8) is 0 Å². The van der Waals surface area contributed by atoms with Gasteiger partial charge in [-0.25, -0.2) is 4.98 Å². The highest BCUT2D eigenvalue weighted by molar-refractivity contribution is 7.90. The lowest BCUT2D eigenvalue weighted by Crippen LogP contribution is -2.66. The summed E-state index contributed by atoms with van der Waals surface area (Å²) in [6.07, 6.45) is 0.561. The third kappa shape index (κ3) is 9.20. The Morgan fingerprint density at radius 3 is 2.25 bits per heavy atom. The molecule has 2 aliphatic heterocycles. The van der Waals surface area contributed by atoms with Gasteiger partial charge in [0.05, 0.1) is 24.8 Å². The van der Waals surface area contributed by atoms with Crippen LogP contribution in [0, 0.1) is 11.8 Å². The molecule has 0 fully saturated rings. The monoisotopic (exact) mass is 840 g/mol. The smallest absolute Gasteiger partial charge is 0.270 e. The molecule has 60 heavy (non-hydrogen) atoms. The third-order valence-corrected chi connectivity index (χ3v) is 17.8. The van der Waals surface area contributed by atoms with Gasteiger partial charge in [0.1, 0.15) is 10.4 Å². The van der Waals surface area contributed by atoms with E-state index in [4.69, 9.17) is 18.9 Å². The quantitative estimate of drug-likeness (QED) is 0.0780. The molecule has 4 aromatic carbocycles. The van der Waals surface area contributed by atoms with Gasteiger partial charge in [0, 0.05) is 41.2 Å². The number of fused-ring (bicyclic) bond motifs is 2. The highest BCUT2D eigenvalue weighted by atomic mass is 32.2. The van der Waals surface area contributed by atoms with E-state index in [1.54, 1.807) is 0 Å². The lowest BCUT2D eigenvalue weighted by Gasteiger charge is -2.43. The van der Waals surface area contributed by atoms with Gasteiger partial charge in [0.2, 0.25) is 6.79 Å². The highest BCUT2D eigenvalue weighted by Gasteiger charge is 2.51. The molecule has 0 aliphatic carbocycles. The second-order valence-corrected chi connectivity index (χ2v) is 24.2. The topological polar surface area (TPSA) is 99.2 Å². The fraction of sp³-hybridized carbons (Fsp3) is 0.347. The van der Waals surface area contributed by atoms with E-state index >= 15 is 0 Å². The Labute approximate surface area is 359 Å². The first-order chi connectivity index (χ1) is 28.7. The Morgan fingerprint density at radius 1 is 0.917 bits per heavy atom. The fourth-order valence-corrected chi connectivity index (χ4v) is 14.1. The number of pyridine rings is 1. The van der Waals surface area contributed by atoms with Crippen LogP contribution in [0.1, 0.15) is 86.7 Å². The number of hydrogen-bond donors (Lipinski definition) is 1. The maximum absolute atomic E-state index is 14.6.